The minimum Gasteiger partial charge on any atom is -0.433 e. The summed E-state index contributed by atoms with van der Waals surface area (Å²) < 4.78 is 80.0. The van der Waals surface area contributed by atoms with Gasteiger partial charge in [-0.1, -0.05) is 0 Å². The number of thiophene rings is 1. The van der Waals surface area contributed by atoms with Gasteiger partial charge in [0.15, 0.2) is 0 Å². The van der Waals surface area contributed by atoms with Gasteiger partial charge in [0.25, 0.3) is 5.91 Å². The first-order valence-electron chi connectivity index (χ1n) is 6.31. The van der Waals surface area contributed by atoms with Gasteiger partial charge in [-0.05, 0) is 31.2 Å². The van der Waals surface area contributed by atoms with Crippen molar-refractivity contribution in [3.8, 4) is 5.75 Å². The minimum atomic E-state index is -4.94. The van der Waals surface area contributed by atoms with Crippen LogP contribution in [0.15, 0.2) is 24.3 Å². The molecule has 1 aromatic heterocycles. The normalized spacial score (nSPS) is 11.7. The monoisotopic (exact) mass is 369 g/mol. The Morgan fingerprint density at radius 1 is 1.25 bits per heavy atom. The average Bonchev–Trinajstić information content (AvgIpc) is 2.79. The van der Waals surface area contributed by atoms with Gasteiger partial charge in [0, 0.05) is 10.6 Å². The zero-order valence-electron chi connectivity index (χ0n) is 11.9. The number of amides is 1. The number of halogens is 6. The Kier molecular flexibility index (Phi) is 5.07. The molecule has 0 aliphatic rings. The molecule has 0 bridgehead atoms. The van der Waals surface area contributed by atoms with Crippen LogP contribution in [0.1, 0.15) is 20.1 Å². The Balaban J connectivity index is 2.28. The van der Waals surface area contributed by atoms with Gasteiger partial charge in [-0.3, -0.25) is 4.79 Å². The van der Waals surface area contributed by atoms with Crippen molar-refractivity contribution in [3.05, 3.63) is 45.4 Å². The second-order valence-electron chi connectivity index (χ2n) is 4.58. The number of alkyl halides is 5. The molecule has 0 fully saturated rings. The number of anilines is 1. The Labute approximate surface area is 135 Å². The van der Waals surface area contributed by atoms with E-state index in [4.69, 9.17) is 0 Å². The first kappa shape index (κ1) is 18.1. The maximum atomic E-state index is 13.2. The first-order chi connectivity index (χ1) is 11.1. The Hall–Kier alpha value is -2.23. The molecule has 2 aromatic rings. The Morgan fingerprint density at radius 2 is 1.92 bits per heavy atom. The fourth-order valence-electron chi connectivity index (χ4n) is 1.84. The van der Waals surface area contributed by atoms with Crippen molar-refractivity contribution in [2.24, 2.45) is 0 Å². The van der Waals surface area contributed by atoms with Gasteiger partial charge in [-0.15, -0.1) is 11.3 Å². The first-order valence-corrected chi connectivity index (χ1v) is 7.13. The van der Waals surface area contributed by atoms with E-state index in [0.717, 1.165) is 17.4 Å². The lowest BCUT2D eigenvalue weighted by molar-refractivity contribution is -0.139. The van der Waals surface area contributed by atoms with Crippen LogP contribution in [0, 0.1) is 12.7 Å². The SMILES string of the molecule is Cc1cc(OC(F)F)c(C(=O)Nc2ccc(F)c(C(F)(F)F)c2)s1. The molecule has 10 heteroatoms. The lowest BCUT2D eigenvalue weighted by Gasteiger charge is -2.11. The molecule has 0 aliphatic carbocycles. The maximum Gasteiger partial charge on any atom is 0.419 e. The van der Waals surface area contributed by atoms with Gasteiger partial charge in [0.05, 0.1) is 5.56 Å². The highest BCUT2D eigenvalue weighted by atomic mass is 32.1. The van der Waals surface area contributed by atoms with Crippen molar-refractivity contribution in [2.75, 3.05) is 5.32 Å². The van der Waals surface area contributed by atoms with Crippen LogP contribution in [0.25, 0.3) is 0 Å². The molecule has 24 heavy (non-hydrogen) atoms. The van der Waals surface area contributed by atoms with Crippen LogP contribution in [0.2, 0.25) is 0 Å². The zero-order valence-corrected chi connectivity index (χ0v) is 12.7. The van der Waals surface area contributed by atoms with Crippen LogP contribution in [-0.2, 0) is 6.18 Å². The van der Waals surface area contributed by atoms with Crippen LogP contribution >= 0.6 is 11.3 Å². The predicted octanol–water partition coefficient (Wildman–Crippen LogP) is 5.07. The van der Waals surface area contributed by atoms with Gasteiger partial charge in [0.2, 0.25) is 0 Å². The number of aryl methyl sites for hydroxylation is 1. The van der Waals surface area contributed by atoms with Crippen LogP contribution in [0.3, 0.4) is 0 Å². The van der Waals surface area contributed by atoms with Gasteiger partial charge in [-0.2, -0.15) is 22.0 Å². The lowest BCUT2D eigenvalue weighted by atomic mass is 10.2. The van der Waals surface area contributed by atoms with E-state index in [1.54, 1.807) is 6.92 Å². The molecule has 1 amide bonds. The summed E-state index contributed by atoms with van der Waals surface area (Å²) in [6.07, 6.45) is -4.94. The second kappa shape index (κ2) is 6.71. The molecule has 0 unspecified atom stereocenters. The van der Waals surface area contributed by atoms with E-state index in [9.17, 15) is 31.1 Å². The van der Waals surface area contributed by atoms with Gasteiger partial charge in [-0.25, -0.2) is 4.39 Å². The van der Waals surface area contributed by atoms with E-state index in [-0.39, 0.29) is 16.3 Å². The molecular weight excluding hydrogens is 360 g/mol. The number of nitrogens with one attached hydrogen (secondary N) is 1. The summed E-state index contributed by atoms with van der Waals surface area (Å²) in [5.74, 6) is -2.82. The number of ether oxygens (including phenoxy) is 1. The standard InChI is InChI=1S/C14H9F6NO2S/c1-6-4-10(23-13(16)17)11(24-6)12(22)21-7-2-3-9(15)8(5-7)14(18,19)20/h2-5,13H,1H3,(H,21,22). The predicted molar refractivity (Wildman–Crippen MR) is 75.0 cm³/mol. The molecule has 0 spiro atoms. The molecule has 0 radical (unpaired) electrons. The largest absolute Gasteiger partial charge is 0.433 e. The van der Waals surface area contributed by atoms with Gasteiger partial charge in [0.1, 0.15) is 16.4 Å². The molecule has 1 aromatic carbocycles. The molecule has 0 saturated heterocycles. The summed E-state index contributed by atoms with van der Waals surface area (Å²) in [7, 11) is 0. The van der Waals surface area contributed by atoms with Crippen molar-refractivity contribution in [1.29, 1.82) is 0 Å². The third kappa shape index (κ3) is 4.19. The lowest BCUT2D eigenvalue weighted by Crippen LogP contribution is -2.14. The summed E-state index contributed by atoms with van der Waals surface area (Å²) in [5, 5.41) is 2.10. The highest BCUT2D eigenvalue weighted by molar-refractivity contribution is 7.14. The molecule has 0 aliphatic heterocycles. The Bertz CT molecular complexity index is 756. The van der Waals surface area contributed by atoms with Crippen LogP contribution in [0.5, 0.6) is 5.75 Å². The number of rotatable bonds is 4. The second-order valence-corrected chi connectivity index (χ2v) is 5.83. The fourth-order valence-corrected chi connectivity index (χ4v) is 2.68. The van der Waals surface area contributed by atoms with E-state index < -0.39 is 30.1 Å². The van der Waals surface area contributed by atoms with E-state index in [2.05, 4.69) is 10.1 Å². The fraction of sp³-hybridized carbons (Fsp3) is 0.214. The van der Waals surface area contributed by atoms with Crippen molar-refractivity contribution in [3.63, 3.8) is 0 Å². The maximum absolute atomic E-state index is 13.2. The van der Waals surface area contributed by atoms with E-state index in [1.807, 2.05) is 0 Å². The topological polar surface area (TPSA) is 38.3 Å². The highest BCUT2D eigenvalue weighted by Gasteiger charge is 2.34. The van der Waals surface area contributed by atoms with Gasteiger partial charge >= 0.3 is 12.8 Å². The molecule has 3 nitrogen and oxygen atoms in total. The molecule has 1 heterocycles. The number of hydrogen-bond donors (Lipinski definition) is 1. The average molecular weight is 369 g/mol. The zero-order chi connectivity index (χ0) is 18.1. The van der Waals surface area contributed by atoms with Crippen molar-refractivity contribution in [2.45, 2.75) is 19.7 Å². The highest BCUT2D eigenvalue weighted by Crippen LogP contribution is 2.34. The van der Waals surface area contributed by atoms with E-state index >= 15 is 0 Å². The molecule has 2 rings (SSSR count). The van der Waals surface area contributed by atoms with Crippen LogP contribution in [0.4, 0.5) is 32.0 Å². The molecule has 0 saturated carbocycles. The molecule has 0 atom stereocenters. The minimum absolute atomic E-state index is 0.231. The van der Waals surface area contributed by atoms with Gasteiger partial charge < -0.3 is 10.1 Å². The molecule has 1 N–H and O–H groups in total. The molecular formula is C14H9F6NO2S. The summed E-state index contributed by atoms with van der Waals surface area (Å²) in [6.45, 7) is -1.62. The summed E-state index contributed by atoms with van der Waals surface area (Å²) in [5.41, 5.74) is -1.88. The number of carbonyl (C=O) groups excluding carboxylic acids is 1. The smallest absolute Gasteiger partial charge is 0.419 e. The van der Waals surface area contributed by atoms with Crippen LogP contribution in [-0.4, -0.2) is 12.5 Å². The Morgan fingerprint density at radius 3 is 2.50 bits per heavy atom. The van der Waals surface area contributed by atoms with Crippen LogP contribution < -0.4 is 10.1 Å². The third-order valence-electron chi connectivity index (χ3n) is 2.77. The van der Waals surface area contributed by atoms with Crippen molar-refractivity contribution >= 4 is 22.9 Å². The molecule has 130 valence electrons. The number of benzene rings is 1. The number of hydrogen-bond acceptors (Lipinski definition) is 3. The summed E-state index contributed by atoms with van der Waals surface area (Å²) >= 11 is 0.830. The van der Waals surface area contributed by atoms with E-state index in [0.29, 0.717) is 17.0 Å². The quantitative estimate of drug-likeness (QED) is 0.765. The summed E-state index contributed by atoms with van der Waals surface area (Å²) in [4.78, 5) is 12.3. The van der Waals surface area contributed by atoms with Crippen molar-refractivity contribution in [1.82, 2.24) is 0 Å². The summed E-state index contributed by atoms with van der Waals surface area (Å²) in [6, 6.07) is 3.10. The van der Waals surface area contributed by atoms with Crippen molar-refractivity contribution < 1.29 is 35.9 Å². The third-order valence-corrected chi connectivity index (χ3v) is 3.80. The number of carbonyl (C=O) groups is 1. The van der Waals surface area contributed by atoms with E-state index in [1.165, 1.54) is 6.07 Å².